The summed E-state index contributed by atoms with van der Waals surface area (Å²) in [5.74, 6) is -0.562. The van der Waals surface area contributed by atoms with E-state index in [1.807, 2.05) is 26.0 Å². The minimum absolute atomic E-state index is 0.0197. The molecule has 0 N–H and O–H groups in total. The van der Waals surface area contributed by atoms with Gasteiger partial charge in [-0.1, -0.05) is 5.57 Å². The highest BCUT2D eigenvalue weighted by molar-refractivity contribution is 7.89. The van der Waals surface area contributed by atoms with Crippen molar-refractivity contribution in [3.8, 4) is 5.69 Å². The normalized spacial score (nSPS) is 19.3. The summed E-state index contributed by atoms with van der Waals surface area (Å²) in [5, 5.41) is 8.68. The predicted molar refractivity (Wildman–Crippen MR) is 142 cm³/mol. The zero-order valence-corrected chi connectivity index (χ0v) is 22.4. The summed E-state index contributed by atoms with van der Waals surface area (Å²) in [6, 6.07) is 9.61. The Balaban J connectivity index is 1.45. The van der Waals surface area contributed by atoms with E-state index in [1.54, 1.807) is 40.0 Å². The molecular weight excluding hydrogens is 519 g/mol. The number of hydrogen-bond donors (Lipinski definition) is 0. The van der Waals surface area contributed by atoms with Gasteiger partial charge in [0.15, 0.2) is 5.78 Å². The van der Waals surface area contributed by atoms with Gasteiger partial charge in [-0.2, -0.15) is 14.5 Å². The maximum absolute atomic E-state index is 14.3. The summed E-state index contributed by atoms with van der Waals surface area (Å²) in [6.45, 7) is 4.53. The predicted octanol–water partition coefficient (Wildman–Crippen LogP) is 3.83. The van der Waals surface area contributed by atoms with Crippen molar-refractivity contribution in [2.45, 2.75) is 38.1 Å². The smallest absolute Gasteiger partial charge is 0.246 e. The quantitative estimate of drug-likeness (QED) is 0.341. The Kier molecular flexibility index (Phi) is 6.07. The molecule has 4 aromatic rings. The number of hydrogen-bond acceptors (Lipinski definition) is 6. The van der Waals surface area contributed by atoms with Crippen LogP contribution in [-0.4, -0.2) is 56.1 Å². The second-order valence-electron chi connectivity index (χ2n) is 10.0. The lowest BCUT2D eigenvalue weighted by Crippen LogP contribution is -2.53. The molecule has 2 aliphatic rings. The third-order valence-corrected chi connectivity index (χ3v) is 9.40. The molecule has 0 saturated carbocycles. The molecule has 4 heterocycles. The summed E-state index contributed by atoms with van der Waals surface area (Å²) >= 11 is 0. The lowest BCUT2D eigenvalue weighted by molar-refractivity contribution is 0.0770. The Morgan fingerprint density at radius 2 is 1.92 bits per heavy atom. The second-order valence-corrected chi connectivity index (χ2v) is 12.0. The molecule has 6 rings (SSSR count). The van der Waals surface area contributed by atoms with Crippen LogP contribution in [0.25, 0.3) is 11.8 Å². The average Bonchev–Trinajstić information content (AvgIpc) is 3.59. The van der Waals surface area contributed by atoms with Crippen LogP contribution < -0.4 is 0 Å². The van der Waals surface area contributed by atoms with Gasteiger partial charge in [-0.05, 0) is 80.3 Å². The first-order valence-corrected chi connectivity index (χ1v) is 14.2. The molecule has 1 aromatic carbocycles. The Hall–Kier alpha value is -3.96. The van der Waals surface area contributed by atoms with Gasteiger partial charge in [0.2, 0.25) is 10.0 Å². The molecule has 1 aliphatic carbocycles. The van der Waals surface area contributed by atoms with E-state index in [2.05, 4.69) is 15.2 Å². The number of carbonyl (C=O) groups is 1. The van der Waals surface area contributed by atoms with E-state index in [1.165, 1.54) is 28.8 Å². The first kappa shape index (κ1) is 25.3. The van der Waals surface area contributed by atoms with Crippen LogP contribution in [0.5, 0.6) is 0 Å². The molecule has 1 fully saturated rings. The van der Waals surface area contributed by atoms with E-state index in [4.69, 9.17) is 0 Å². The number of Topliss-reactive ketones (excluding diaryl/α,β-unsaturated/α-hetero) is 1. The zero-order valence-electron chi connectivity index (χ0n) is 21.6. The van der Waals surface area contributed by atoms with Crippen LogP contribution in [0.1, 0.15) is 40.7 Å². The fourth-order valence-corrected chi connectivity index (χ4v) is 6.97. The van der Waals surface area contributed by atoms with Gasteiger partial charge in [0, 0.05) is 32.0 Å². The van der Waals surface area contributed by atoms with Crippen molar-refractivity contribution in [1.82, 2.24) is 28.9 Å². The summed E-state index contributed by atoms with van der Waals surface area (Å²) in [6.07, 6.45) is 8.75. The van der Waals surface area contributed by atoms with Crippen molar-refractivity contribution in [3.05, 3.63) is 95.1 Å². The van der Waals surface area contributed by atoms with Gasteiger partial charge in [-0.25, -0.2) is 17.5 Å². The SMILES string of the molecule is CCn1cc(S(=O)(=O)N2CCC3=Cc4c(cnn4-c4ccc(F)cc4)CC3(C(=O)c3cc(C)ccn3)C2)cn1. The molecule has 1 atom stereocenters. The van der Waals surface area contributed by atoms with E-state index in [0.717, 1.165) is 22.4 Å². The number of rotatable bonds is 6. The summed E-state index contributed by atoms with van der Waals surface area (Å²) in [5.41, 5.74) is 3.19. The van der Waals surface area contributed by atoms with Gasteiger partial charge in [0.1, 0.15) is 16.4 Å². The molecule has 11 heteroatoms. The van der Waals surface area contributed by atoms with Crippen molar-refractivity contribution in [2.75, 3.05) is 13.1 Å². The van der Waals surface area contributed by atoms with Crippen molar-refractivity contribution >= 4 is 21.9 Å². The number of nitrogens with zero attached hydrogens (tertiary/aromatic N) is 6. The molecule has 1 unspecified atom stereocenters. The minimum Gasteiger partial charge on any atom is -0.291 e. The highest BCUT2D eigenvalue weighted by Gasteiger charge is 2.51. The lowest BCUT2D eigenvalue weighted by atomic mass is 9.65. The molecule has 0 radical (unpaired) electrons. The standard InChI is InChI=1S/C28H27FN6O3S/c1-3-33-17-24(16-31-33)39(37,38)34-11-9-21-13-26-20(15-32-35(26)23-6-4-22(29)5-7-23)14-28(21,18-34)27(36)25-12-19(2)8-10-30-25/h4-8,10,12-13,15-17H,3,9,11,14,18H2,1-2H3. The van der Waals surface area contributed by atoms with Crippen molar-refractivity contribution in [3.63, 3.8) is 0 Å². The maximum atomic E-state index is 14.3. The second kappa shape index (κ2) is 9.35. The zero-order chi connectivity index (χ0) is 27.4. The van der Waals surface area contributed by atoms with Crippen molar-refractivity contribution in [2.24, 2.45) is 5.41 Å². The van der Waals surface area contributed by atoms with Crippen LogP contribution in [0.15, 0.2) is 71.7 Å². The maximum Gasteiger partial charge on any atom is 0.246 e. The Morgan fingerprint density at radius 1 is 1.13 bits per heavy atom. The number of pyridine rings is 1. The van der Waals surface area contributed by atoms with Gasteiger partial charge >= 0.3 is 0 Å². The van der Waals surface area contributed by atoms with Crippen molar-refractivity contribution in [1.29, 1.82) is 0 Å². The first-order valence-electron chi connectivity index (χ1n) is 12.8. The van der Waals surface area contributed by atoms with E-state index >= 15 is 0 Å². The van der Waals surface area contributed by atoms with Gasteiger partial charge in [-0.3, -0.25) is 14.5 Å². The summed E-state index contributed by atoms with van der Waals surface area (Å²) < 4.78 is 45.6. The Morgan fingerprint density at radius 3 is 2.64 bits per heavy atom. The van der Waals surface area contributed by atoms with Crippen LogP contribution in [0, 0.1) is 18.2 Å². The largest absolute Gasteiger partial charge is 0.291 e. The molecule has 0 spiro atoms. The first-order chi connectivity index (χ1) is 18.7. The molecular formula is C28H27FN6O3S. The fourth-order valence-electron chi connectivity index (χ4n) is 5.51. The fraction of sp³-hybridized carbons (Fsp3) is 0.286. The number of ketones is 1. The topological polar surface area (TPSA) is 103 Å². The molecule has 0 bridgehead atoms. The third kappa shape index (κ3) is 4.22. The number of benzene rings is 1. The van der Waals surface area contributed by atoms with E-state index in [0.29, 0.717) is 24.3 Å². The van der Waals surface area contributed by atoms with Crippen LogP contribution in [0.4, 0.5) is 4.39 Å². The summed E-state index contributed by atoms with van der Waals surface area (Å²) in [7, 11) is -3.89. The molecule has 3 aromatic heterocycles. The van der Waals surface area contributed by atoms with Crippen LogP contribution in [0.2, 0.25) is 0 Å². The molecule has 9 nitrogen and oxygen atoms in total. The number of aromatic nitrogens is 5. The average molecular weight is 547 g/mol. The molecule has 1 saturated heterocycles. The van der Waals surface area contributed by atoms with Crippen LogP contribution in [-0.2, 0) is 23.0 Å². The van der Waals surface area contributed by atoms with Crippen molar-refractivity contribution < 1.29 is 17.6 Å². The van der Waals surface area contributed by atoms with Crippen LogP contribution >= 0.6 is 0 Å². The minimum atomic E-state index is -3.89. The van der Waals surface area contributed by atoms with Gasteiger partial charge in [0.25, 0.3) is 0 Å². The highest BCUT2D eigenvalue weighted by Crippen LogP contribution is 2.47. The summed E-state index contributed by atoms with van der Waals surface area (Å²) in [4.78, 5) is 18.7. The molecule has 0 amide bonds. The number of halogens is 1. The van der Waals surface area contributed by atoms with E-state index in [9.17, 15) is 17.6 Å². The number of sulfonamides is 1. The number of aryl methyl sites for hydroxylation is 2. The van der Waals surface area contributed by atoms with E-state index in [-0.39, 0.29) is 36.0 Å². The monoisotopic (exact) mass is 546 g/mol. The Bertz CT molecular complexity index is 1720. The van der Waals surface area contributed by atoms with Gasteiger partial charge < -0.3 is 0 Å². The number of fused-ring (bicyclic) bond motifs is 2. The molecule has 39 heavy (non-hydrogen) atoms. The molecule has 1 aliphatic heterocycles. The third-order valence-electron chi connectivity index (χ3n) is 7.61. The highest BCUT2D eigenvalue weighted by atomic mass is 32.2. The lowest BCUT2D eigenvalue weighted by Gasteiger charge is -2.44. The van der Waals surface area contributed by atoms with E-state index < -0.39 is 15.4 Å². The Labute approximate surface area is 225 Å². The van der Waals surface area contributed by atoms with Gasteiger partial charge in [0.05, 0.1) is 29.2 Å². The number of piperidine rings is 1. The molecule has 200 valence electrons. The van der Waals surface area contributed by atoms with Crippen LogP contribution in [0.3, 0.4) is 0 Å². The van der Waals surface area contributed by atoms with Gasteiger partial charge in [-0.15, -0.1) is 0 Å². The number of carbonyl (C=O) groups excluding carboxylic acids is 1.